The molecule has 2 amide bonds. The number of urea groups is 1. The number of oxazole rings is 1. The number of nitrogens with zero attached hydrogens (tertiary/aromatic N) is 2. The van der Waals surface area contributed by atoms with Crippen molar-refractivity contribution >= 4 is 6.03 Å². The molecule has 1 aromatic carbocycles. The third-order valence-electron chi connectivity index (χ3n) is 4.29. The van der Waals surface area contributed by atoms with Gasteiger partial charge < -0.3 is 14.6 Å². The molecule has 1 N–H and O–H groups in total. The molecule has 5 heteroatoms. The monoisotopic (exact) mass is 299 g/mol. The van der Waals surface area contributed by atoms with E-state index >= 15 is 0 Å². The van der Waals surface area contributed by atoms with Gasteiger partial charge in [0.05, 0.1) is 12.7 Å². The lowest BCUT2D eigenvalue weighted by atomic mass is 9.80. The van der Waals surface area contributed by atoms with E-state index in [1.807, 2.05) is 35.2 Å². The summed E-state index contributed by atoms with van der Waals surface area (Å²) in [6, 6.07) is 9.74. The number of carbonyl (C=O) groups is 1. The highest BCUT2D eigenvalue weighted by atomic mass is 16.4. The lowest BCUT2D eigenvalue weighted by Crippen LogP contribution is -2.59. The van der Waals surface area contributed by atoms with Gasteiger partial charge in [-0.3, -0.25) is 0 Å². The quantitative estimate of drug-likeness (QED) is 0.942. The first-order valence-corrected chi connectivity index (χ1v) is 7.62. The summed E-state index contributed by atoms with van der Waals surface area (Å²) < 4.78 is 5.67. The molecular weight excluding hydrogens is 278 g/mol. The highest BCUT2D eigenvalue weighted by molar-refractivity contribution is 5.75. The zero-order valence-electron chi connectivity index (χ0n) is 13.0. The number of nitrogens with one attached hydrogen (secondary N) is 1. The van der Waals surface area contributed by atoms with Crippen LogP contribution in [0.4, 0.5) is 4.79 Å². The smallest absolute Gasteiger partial charge is 0.317 e. The summed E-state index contributed by atoms with van der Waals surface area (Å²) in [6.07, 6.45) is 2.78. The SMILES string of the molecule is CCC1(C)CN(C(=O)NCc2ncc(-c3ccccc3)o2)C1. The van der Waals surface area contributed by atoms with Crippen LogP contribution >= 0.6 is 0 Å². The number of rotatable bonds is 4. The molecular formula is C17H21N3O2. The molecule has 0 spiro atoms. The lowest BCUT2D eigenvalue weighted by Gasteiger charge is -2.47. The van der Waals surface area contributed by atoms with E-state index in [1.54, 1.807) is 6.20 Å². The fourth-order valence-corrected chi connectivity index (χ4v) is 2.63. The fraction of sp³-hybridized carbons (Fsp3) is 0.412. The third-order valence-corrected chi connectivity index (χ3v) is 4.29. The number of hydrogen-bond acceptors (Lipinski definition) is 3. The molecule has 3 rings (SSSR count). The minimum Gasteiger partial charge on any atom is -0.439 e. The minimum absolute atomic E-state index is 0.0506. The molecule has 1 saturated heterocycles. The van der Waals surface area contributed by atoms with E-state index in [2.05, 4.69) is 24.1 Å². The molecule has 1 aliphatic heterocycles. The average molecular weight is 299 g/mol. The van der Waals surface area contributed by atoms with Gasteiger partial charge in [-0.05, 0) is 6.42 Å². The zero-order chi connectivity index (χ0) is 15.6. The Morgan fingerprint density at radius 2 is 2.09 bits per heavy atom. The van der Waals surface area contributed by atoms with Gasteiger partial charge in [0.25, 0.3) is 0 Å². The first kappa shape index (κ1) is 14.6. The molecule has 1 fully saturated rings. The van der Waals surface area contributed by atoms with Crippen LogP contribution in [0.3, 0.4) is 0 Å². The summed E-state index contributed by atoms with van der Waals surface area (Å²) in [7, 11) is 0. The Bertz CT molecular complexity index is 645. The first-order chi connectivity index (χ1) is 10.6. The maximum atomic E-state index is 12.0. The van der Waals surface area contributed by atoms with Crippen LogP contribution in [0.25, 0.3) is 11.3 Å². The maximum absolute atomic E-state index is 12.0. The van der Waals surface area contributed by atoms with Crippen LogP contribution < -0.4 is 5.32 Å². The molecule has 0 aliphatic carbocycles. The number of likely N-dealkylation sites (tertiary alicyclic amines) is 1. The lowest BCUT2D eigenvalue weighted by molar-refractivity contribution is 0.0432. The summed E-state index contributed by atoms with van der Waals surface area (Å²) in [5.41, 5.74) is 1.26. The normalized spacial score (nSPS) is 16.2. The summed E-state index contributed by atoms with van der Waals surface area (Å²) in [4.78, 5) is 18.1. The number of hydrogen-bond donors (Lipinski definition) is 1. The van der Waals surface area contributed by atoms with Crippen molar-refractivity contribution in [3.05, 3.63) is 42.4 Å². The molecule has 0 atom stereocenters. The molecule has 0 radical (unpaired) electrons. The summed E-state index contributed by atoms with van der Waals surface area (Å²) in [6.45, 7) is 6.31. The van der Waals surface area contributed by atoms with E-state index in [0.717, 1.165) is 25.1 Å². The molecule has 0 unspecified atom stereocenters. The fourth-order valence-electron chi connectivity index (χ4n) is 2.63. The van der Waals surface area contributed by atoms with E-state index in [-0.39, 0.29) is 11.4 Å². The van der Waals surface area contributed by atoms with Gasteiger partial charge in [0.2, 0.25) is 5.89 Å². The second-order valence-corrected chi connectivity index (χ2v) is 6.16. The van der Waals surface area contributed by atoms with Crippen LogP contribution in [0.2, 0.25) is 0 Å². The van der Waals surface area contributed by atoms with Crippen molar-refractivity contribution in [1.29, 1.82) is 0 Å². The van der Waals surface area contributed by atoms with Crippen molar-refractivity contribution in [3.8, 4) is 11.3 Å². The van der Waals surface area contributed by atoms with Gasteiger partial charge >= 0.3 is 6.03 Å². The molecule has 22 heavy (non-hydrogen) atoms. The summed E-state index contributed by atoms with van der Waals surface area (Å²) in [5, 5.41) is 2.86. The topological polar surface area (TPSA) is 58.4 Å². The van der Waals surface area contributed by atoms with Gasteiger partial charge in [0, 0.05) is 24.1 Å². The van der Waals surface area contributed by atoms with Crippen LogP contribution in [0.1, 0.15) is 26.2 Å². The van der Waals surface area contributed by atoms with Gasteiger partial charge in [0.1, 0.15) is 0 Å². The summed E-state index contributed by atoms with van der Waals surface area (Å²) >= 11 is 0. The van der Waals surface area contributed by atoms with Crippen LogP contribution in [-0.4, -0.2) is 29.0 Å². The Labute approximate surface area is 130 Å². The Hall–Kier alpha value is -2.30. The number of amides is 2. The van der Waals surface area contributed by atoms with Crippen molar-refractivity contribution in [2.45, 2.75) is 26.8 Å². The Morgan fingerprint density at radius 1 is 1.36 bits per heavy atom. The van der Waals surface area contributed by atoms with Crippen molar-refractivity contribution in [1.82, 2.24) is 15.2 Å². The van der Waals surface area contributed by atoms with E-state index in [1.165, 1.54) is 0 Å². The molecule has 0 bridgehead atoms. The number of aromatic nitrogens is 1. The van der Waals surface area contributed by atoms with E-state index in [4.69, 9.17) is 4.42 Å². The molecule has 1 aliphatic rings. The Morgan fingerprint density at radius 3 is 2.77 bits per heavy atom. The first-order valence-electron chi connectivity index (χ1n) is 7.62. The highest BCUT2D eigenvalue weighted by Crippen LogP contribution is 2.32. The third kappa shape index (κ3) is 2.98. The van der Waals surface area contributed by atoms with E-state index in [0.29, 0.717) is 18.2 Å². The van der Waals surface area contributed by atoms with Gasteiger partial charge in [-0.25, -0.2) is 9.78 Å². The molecule has 2 heterocycles. The van der Waals surface area contributed by atoms with Crippen molar-refractivity contribution in [3.63, 3.8) is 0 Å². The van der Waals surface area contributed by atoms with Crippen molar-refractivity contribution in [2.75, 3.05) is 13.1 Å². The van der Waals surface area contributed by atoms with Gasteiger partial charge in [0.15, 0.2) is 5.76 Å². The standard InChI is InChI=1S/C17H21N3O2/c1-3-17(2)11-20(12-17)16(21)19-10-15-18-9-14(22-15)13-7-5-4-6-8-13/h4-9H,3,10-12H2,1-2H3,(H,19,21). The van der Waals surface area contributed by atoms with Gasteiger partial charge in [-0.15, -0.1) is 0 Å². The van der Waals surface area contributed by atoms with Crippen LogP contribution in [0, 0.1) is 5.41 Å². The van der Waals surface area contributed by atoms with Crippen molar-refractivity contribution < 1.29 is 9.21 Å². The molecule has 1 aromatic heterocycles. The largest absolute Gasteiger partial charge is 0.439 e. The number of carbonyl (C=O) groups excluding carboxylic acids is 1. The average Bonchev–Trinajstić information content (AvgIpc) is 2.99. The van der Waals surface area contributed by atoms with Crippen LogP contribution in [0.5, 0.6) is 0 Å². The van der Waals surface area contributed by atoms with E-state index in [9.17, 15) is 4.79 Å². The highest BCUT2D eigenvalue weighted by Gasteiger charge is 2.39. The Balaban J connectivity index is 1.53. The van der Waals surface area contributed by atoms with Gasteiger partial charge in [-0.2, -0.15) is 0 Å². The van der Waals surface area contributed by atoms with Crippen LogP contribution in [0.15, 0.2) is 40.9 Å². The van der Waals surface area contributed by atoms with Crippen LogP contribution in [-0.2, 0) is 6.54 Å². The molecule has 0 saturated carbocycles. The molecule has 2 aromatic rings. The second kappa shape index (κ2) is 5.83. The minimum atomic E-state index is -0.0506. The number of benzene rings is 1. The zero-order valence-corrected chi connectivity index (χ0v) is 13.0. The predicted molar refractivity (Wildman–Crippen MR) is 84.1 cm³/mol. The predicted octanol–water partition coefficient (Wildman–Crippen LogP) is 3.28. The van der Waals surface area contributed by atoms with Crippen molar-refractivity contribution in [2.24, 2.45) is 5.41 Å². The van der Waals surface area contributed by atoms with E-state index < -0.39 is 0 Å². The second-order valence-electron chi connectivity index (χ2n) is 6.16. The maximum Gasteiger partial charge on any atom is 0.317 e. The molecule has 116 valence electrons. The molecule has 5 nitrogen and oxygen atoms in total. The Kier molecular flexibility index (Phi) is 3.88. The summed E-state index contributed by atoms with van der Waals surface area (Å²) in [5.74, 6) is 1.23. The van der Waals surface area contributed by atoms with Gasteiger partial charge in [-0.1, -0.05) is 44.2 Å².